The SMILES string of the molecule is Cc1c(-c2ccc3c(c2)CC(=O)N3)cnc2c1N(C(=O)OC(C)(C)C)CCO2. The molecule has 2 amide bonds. The first-order valence-electron chi connectivity index (χ1n) is 9.29. The number of nitrogens with zero attached hydrogens (tertiary/aromatic N) is 2. The van der Waals surface area contributed by atoms with Crippen molar-refractivity contribution in [2.24, 2.45) is 0 Å². The van der Waals surface area contributed by atoms with Crippen LogP contribution < -0.4 is 15.0 Å². The molecule has 1 aromatic carbocycles. The Morgan fingerprint density at radius 1 is 1.32 bits per heavy atom. The van der Waals surface area contributed by atoms with Gasteiger partial charge in [0.25, 0.3) is 0 Å². The van der Waals surface area contributed by atoms with E-state index in [1.165, 1.54) is 0 Å². The van der Waals surface area contributed by atoms with E-state index in [0.717, 1.165) is 27.9 Å². The molecule has 7 nitrogen and oxygen atoms in total. The van der Waals surface area contributed by atoms with Crippen molar-refractivity contribution in [1.82, 2.24) is 4.98 Å². The van der Waals surface area contributed by atoms with Gasteiger partial charge in [-0.15, -0.1) is 0 Å². The smallest absolute Gasteiger partial charge is 0.415 e. The number of benzene rings is 1. The van der Waals surface area contributed by atoms with Gasteiger partial charge in [-0.2, -0.15) is 0 Å². The number of nitrogens with one attached hydrogen (secondary N) is 1. The summed E-state index contributed by atoms with van der Waals surface area (Å²) in [6.45, 7) is 8.23. The predicted octanol–water partition coefficient (Wildman–Crippen LogP) is 3.69. The van der Waals surface area contributed by atoms with E-state index in [9.17, 15) is 9.59 Å². The second-order valence-corrected chi connectivity index (χ2v) is 8.03. The number of hydrogen-bond acceptors (Lipinski definition) is 5. The third kappa shape index (κ3) is 3.28. The van der Waals surface area contributed by atoms with Gasteiger partial charge in [0.2, 0.25) is 11.8 Å². The summed E-state index contributed by atoms with van der Waals surface area (Å²) in [5, 5.41) is 2.84. The van der Waals surface area contributed by atoms with Crippen molar-refractivity contribution in [2.45, 2.75) is 39.7 Å². The number of anilines is 2. The molecule has 1 N–H and O–H groups in total. The molecule has 3 heterocycles. The molecule has 0 spiro atoms. The summed E-state index contributed by atoms with van der Waals surface area (Å²) in [6, 6.07) is 5.84. The molecule has 1 aromatic heterocycles. The fraction of sp³-hybridized carbons (Fsp3) is 0.381. The summed E-state index contributed by atoms with van der Waals surface area (Å²) < 4.78 is 11.2. The molecule has 0 saturated heterocycles. The molecule has 2 aromatic rings. The van der Waals surface area contributed by atoms with Crippen molar-refractivity contribution in [3.8, 4) is 17.0 Å². The monoisotopic (exact) mass is 381 g/mol. The largest absolute Gasteiger partial charge is 0.474 e. The third-order valence-corrected chi connectivity index (χ3v) is 4.75. The van der Waals surface area contributed by atoms with Crippen LogP contribution >= 0.6 is 0 Å². The first kappa shape index (κ1) is 18.3. The van der Waals surface area contributed by atoms with E-state index < -0.39 is 11.7 Å². The summed E-state index contributed by atoms with van der Waals surface area (Å²) in [5.41, 5.74) is 4.56. The van der Waals surface area contributed by atoms with E-state index in [4.69, 9.17) is 9.47 Å². The average molecular weight is 381 g/mol. The highest BCUT2D eigenvalue weighted by molar-refractivity contribution is 6.00. The van der Waals surface area contributed by atoms with E-state index in [1.54, 1.807) is 11.1 Å². The van der Waals surface area contributed by atoms with Crippen LogP contribution in [0.2, 0.25) is 0 Å². The van der Waals surface area contributed by atoms with Gasteiger partial charge in [0.15, 0.2) is 0 Å². The lowest BCUT2D eigenvalue weighted by Gasteiger charge is -2.32. The minimum Gasteiger partial charge on any atom is -0.474 e. The molecule has 0 unspecified atom stereocenters. The van der Waals surface area contributed by atoms with Crippen molar-refractivity contribution in [1.29, 1.82) is 0 Å². The van der Waals surface area contributed by atoms with Crippen LogP contribution in [0.4, 0.5) is 16.2 Å². The van der Waals surface area contributed by atoms with Gasteiger partial charge in [-0.1, -0.05) is 6.07 Å². The zero-order valence-corrected chi connectivity index (χ0v) is 16.5. The van der Waals surface area contributed by atoms with E-state index in [2.05, 4.69) is 10.3 Å². The van der Waals surface area contributed by atoms with Crippen LogP contribution in [-0.4, -0.2) is 35.7 Å². The topological polar surface area (TPSA) is 80.8 Å². The Morgan fingerprint density at radius 2 is 2.11 bits per heavy atom. The lowest BCUT2D eigenvalue weighted by atomic mass is 9.98. The molecule has 0 fully saturated rings. The van der Waals surface area contributed by atoms with Crippen LogP contribution in [0.25, 0.3) is 11.1 Å². The molecule has 28 heavy (non-hydrogen) atoms. The summed E-state index contributed by atoms with van der Waals surface area (Å²) in [6.07, 6.45) is 1.70. The van der Waals surface area contributed by atoms with Gasteiger partial charge in [0.05, 0.1) is 13.0 Å². The number of hydrogen-bond donors (Lipinski definition) is 1. The molecule has 4 rings (SSSR count). The molecule has 7 heteroatoms. The van der Waals surface area contributed by atoms with Gasteiger partial charge >= 0.3 is 6.09 Å². The highest BCUT2D eigenvalue weighted by atomic mass is 16.6. The maximum absolute atomic E-state index is 12.7. The summed E-state index contributed by atoms with van der Waals surface area (Å²) >= 11 is 0. The number of pyridine rings is 1. The summed E-state index contributed by atoms with van der Waals surface area (Å²) in [4.78, 5) is 30.4. The lowest BCUT2D eigenvalue weighted by Crippen LogP contribution is -2.42. The number of fused-ring (bicyclic) bond motifs is 2. The Morgan fingerprint density at radius 3 is 2.86 bits per heavy atom. The third-order valence-electron chi connectivity index (χ3n) is 4.75. The maximum atomic E-state index is 12.7. The zero-order chi connectivity index (χ0) is 20.1. The summed E-state index contributed by atoms with van der Waals surface area (Å²) in [5.74, 6) is 0.424. The van der Waals surface area contributed by atoms with E-state index in [1.807, 2.05) is 45.9 Å². The quantitative estimate of drug-likeness (QED) is 0.815. The van der Waals surface area contributed by atoms with Crippen molar-refractivity contribution >= 4 is 23.4 Å². The van der Waals surface area contributed by atoms with Crippen LogP contribution in [-0.2, 0) is 16.0 Å². The van der Waals surface area contributed by atoms with Crippen LogP contribution in [0.15, 0.2) is 24.4 Å². The van der Waals surface area contributed by atoms with Gasteiger partial charge in [0.1, 0.15) is 17.9 Å². The van der Waals surface area contributed by atoms with E-state index in [0.29, 0.717) is 31.1 Å². The van der Waals surface area contributed by atoms with Gasteiger partial charge in [-0.05, 0) is 56.5 Å². The summed E-state index contributed by atoms with van der Waals surface area (Å²) in [7, 11) is 0. The lowest BCUT2D eigenvalue weighted by molar-refractivity contribution is -0.115. The van der Waals surface area contributed by atoms with Crippen molar-refractivity contribution in [2.75, 3.05) is 23.4 Å². The van der Waals surface area contributed by atoms with Crippen LogP contribution in [0.5, 0.6) is 5.88 Å². The Bertz CT molecular complexity index is 978. The Hall–Kier alpha value is -3.09. The fourth-order valence-corrected chi connectivity index (χ4v) is 3.53. The molecule has 0 radical (unpaired) electrons. The fourth-order valence-electron chi connectivity index (χ4n) is 3.53. The standard InChI is InChI=1S/C21H23N3O4/c1-12-15(13-5-6-16-14(9-13)10-17(25)23-16)11-22-19-18(12)24(7-8-27-19)20(26)28-21(2,3)4/h5-6,9,11H,7-8,10H2,1-4H3,(H,23,25). The number of carbonyl (C=O) groups excluding carboxylic acids is 2. The molecular weight excluding hydrogens is 358 g/mol. The van der Waals surface area contributed by atoms with Crippen LogP contribution in [0.3, 0.4) is 0 Å². The molecule has 0 bridgehead atoms. The molecule has 0 saturated carbocycles. The second-order valence-electron chi connectivity index (χ2n) is 8.03. The highest BCUT2D eigenvalue weighted by Crippen LogP contribution is 2.40. The maximum Gasteiger partial charge on any atom is 0.415 e. The van der Waals surface area contributed by atoms with E-state index in [-0.39, 0.29) is 5.91 Å². The first-order chi connectivity index (χ1) is 13.2. The molecular formula is C21H23N3O4. The molecule has 0 aliphatic carbocycles. The van der Waals surface area contributed by atoms with Gasteiger partial charge < -0.3 is 14.8 Å². The molecule has 2 aliphatic rings. The molecule has 0 atom stereocenters. The predicted molar refractivity (Wildman–Crippen MR) is 106 cm³/mol. The van der Waals surface area contributed by atoms with Crippen molar-refractivity contribution in [3.63, 3.8) is 0 Å². The Kier molecular flexibility index (Phi) is 4.25. The van der Waals surface area contributed by atoms with Gasteiger partial charge in [-0.25, -0.2) is 9.78 Å². The van der Waals surface area contributed by atoms with Crippen molar-refractivity contribution in [3.05, 3.63) is 35.5 Å². The van der Waals surface area contributed by atoms with Crippen molar-refractivity contribution < 1.29 is 19.1 Å². The number of ether oxygens (including phenoxy) is 2. The average Bonchev–Trinajstić information content (AvgIpc) is 2.99. The highest BCUT2D eigenvalue weighted by Gasteiger charge is 2.31. The number of carbonyl (C=O) groups is 2. The first-order valence-corrected chi connectivity index (χ1v) is 9.29. The minimum atomic E-state index is -0.589. The van der Waals surface area contributed by atoms with Crippen LogP contribution in [0, 0.1) is 6.92 Å². The minimum absolute atomic E-state index is 0.00283. The van der Waals surface area contributed by atoms with Crippen LogP contribution in [0.1, 0.15) is 31.9 Å². The van der Waals surface area contributed by atoms with Gasteiger partial charge in [0, 0.05) is 17.4 Å². The zero-order valence-electron chi connectivity index (χ0n) is 16.5. The van der Waals surface area contributed by atoms with E-state index >= 15 is 0 Å². The number of aromatic nitrogens is 1. The number of rotatable bonds is 1. The van der Waals surface area contributed by atoms with Gasteiger partial charge in [-0.3, -0.25) is 9.69 Å². The molecule has 146 valence electrons. The molecule has 2 aliphatic heterocycles. The number of amides is 2. The normalized spacial score (nSPS) is 15.4. The Balaban J connectivity index is 1.75. The Labute approximate surface area is 163 Å². The second kappa shape index (κ2) is 6.51.